The van der Waals surface area contributed by atoms with Crippen LogP contribution in [0.1, 0.15) is 63.7 Å². The van der Waals surface area contributed by atoms with Crippen LogP contribution < -0.4 is 5.32 Å². The van der Waals surface area contributed by atoms with E-state index in [1.165, 1.54) is 13.3 Å². The van der Waals surface area contributed by atoms with Gasteiger partial charge >= 0.3 is 5.97 Å². The normalized spacial score (nSPS) is 23.6. The standard InChI is InChI=1S/C18H25NO3/c1-13(20)19-15-10-6-5-9-14(15)16(21)22-18(4)12-8-7-11-17(18,2)3/h5-6,9-10H,7-8,11-12H2,1-4H3,(H,19,20). The maximum atomic E-state index is 12.6. The Bertz CT molecular complexity index is 579. The number of rotatable bonds is 3. The van der Waals surface area contributed by atoms with Crippen LogP contribution in [0.4, 0.5) is 5.69 Å². The highest BCUT2D eigenvalue weighted by molar-refractivity contribution is 6.00. The van der Waals surface area contributed by atoms with Crippen LogP contribution in [0, 0.1) is 5.41 Å². The lowest BCUT2D eigenvalue weighted by atomic mass is 9.66. The van der Waals surface area contributed by atoms with E-state index in [1.54, 1.807) is 24.3 Å². The van der Waals surface area contributed by atoms with E-state index in [2.05, 4.69) is 19.2 Å². The van der Waals surface area contributed by atoms with E-state index < -0.39 is 5.60 Å². The van der Waals surface area contributed by atoms with Gasteiger partial charge in [-0.3, -0.25) is 4.79 Å². The summed E-state index contributed by atoms with van der Waals surface area (Å²) in [4.78, 5) is 23.9. The molecule has 4 nitrogen and oxygen atoms in total. The summed E-state index contributed by atoms with van der Waals surface area (Å²) in [5, 5.41) is 2.69. The van der Waals surface area contributed by atoms with Gasteiger partial charge in [0.05, 0.1) is 11.3 Å². The number of benzene rings is 1. The minimum atomic E-state index is -0.480. The number of hydrogen-bond donors (Lipinski definition) is 1. The van der Waals surface area contributed by atoms with Gasteiger partial charge in [0.2, 0.25) is 5.91 Å². The van der Waals surface area contributed by atoms with Crippen LogP contribution in [0.25, 0.3) is 0 Å². The summed E-state index contributed by atoms with van der Waals surface area (Å²) in [5.74, 6) is -0.578. The van der Waals surface area contributed by atoms with Gasteiger partial charge in [-0.2, -0.15) is 0 Å². The zero-order valence-corrected chi connectivity index (χ0v) is 13.9. The molecule has 0 saturated heterocycles. The number of hydrogen-bond acceptors (Lipinski definition) is 3. The number of amides is 1. The monoisotopic (exact) mass is 303 g/mol. The number of esters is 1. The van der Waals surface area contributed by atoms with E-state index >= 15 is 0 Å². The molecule has 1 N–H and O–H groups in total. The van der Waals surface area contributed by atoms with E-state index in [4.69, 9.17) is 4.74 Å². The molecular weight excluding hydrogens is 278 g/mol. The van der Waals surface area contributed by atoms with Crippen LogP contribution in [0.5, 0.6) is 0 Å². The molecule has 1 atom stereocenters. The first kappa shape index (κ1) is 16.5. The smallest absolute Gasteiger partial charge is 0.340 e. The molecule has 0 bridgehead atoms. The number of carbonyl (C=O) groups is 2. The molecule has 4 heteroatoms. The molecule has 1 aromatic carbocycles. The van der Waals surface area contributed by atoms with Crippen molar-refractivity contribution in [2.45, 2.75) is 59.0 Å². The molecular formula is C18H25NO3. The highest BCUT2D eigenvalue weighted by Gasteiger charge is 2.46. The van der Waals surface area contributed by atoms with Gasteiger partial charge in [-0.05, 0) is 38.3 Å². The molecule has 1 aromatic rings. The molecule has 0 radical (unpaired) electrons. The summed E-state index contributed by atoms with van der Waals surface area (Å²) < 4.78 is 5.91. The summed E-state index contributed by atoms with van der Waals surface area (Å²) in [7, 11) is 0. The van der Waals surface area contributed by atoms with Crippen molar-refractivity contribution in [3.05, 3.63) is 29.8 Å². The maximum absolute atomic E-state index is 12.6. The Morgan fingerprint density at radius 2 is 1.73 bits per heavy atom. The SMILES string of the molecule is CC(=O)Nc1ccccc1C(=O)OC1(C)CCCCC1(C)C. The number of ether oxygens (including phenoxy) is 1. The fourth-order valence-corrected chi connectivity index (χ4v) is 3.04. The number of carbonyl (C=O) groups excluding carboxylic acids is 2. The molecule has 0 aromatic heterocycles. The first-order valence-corrected chi connectivity index (χ1v) is 7.85. The molecule has 0 spiro atoms. The lowest BCUT2D eigenvalue weighted by Crippen LogP contribution is -2.48. The third-order valence-corrected chi connectivity index (χ3v) is 4.91. The van der Waals surface area contributed by atoms with Gasteiger partial charge in [0.1, 0.15) is 5.60 Å². The predicted molar refractivity (Wildman–Crippen MR) is 86.8 cm³/mol. The predicted octanol–water partition coefficient (Wildman–Crippen LogP) is 4.16. The fraction of sp³-hybridized carbons (Fsp3) is 0.556. The summed E-state index contributed by atoms with van der Waals surface area (Å²) in [6, 6.07) is 6.96. The summed E-state index contributed by atoms with van der Waals surface area (Å²) in [6.07, 6.45) is 4.15. The Balaban J connectivity index is 2.24. The van der Waals surface area contributed by atoms with Crippen LogP contribution in [0.15, 0.2) is 24.3 Å². The van der Waals surface area contributed by atoms with Crippen molar-refractivity contribution in [1.29, 1.82) is 0 Å². The summed E-state index contributed by atoms with van der Waals surface area (Å²) in [6.45, 7) is 7.75. The lowest BCUT2D eigenvalue weighted by molar-refractivity contribution is -0.114. The van der Waals surface area contributed by atoms with Crippen molar-refractivity contribution < 1.29 is 14.3 Å². The van der Waals surface area contributed by atoms with Gasteiger partial charge in [0, 0.05) is 12.3 Å². The average molecular weight is 303 g/mol. The Kier molecular flexibility index (Phi) is 4.59. The molecule has 1 aliphatic carbocycles. The Morgan fingerprint density at radius 1 is 1.09 bits per heavy atom. The third kappa shape index (κ3) is 3.32. The first-order valence-electron chi connectivity index (χ1n) is 7.85. The van der Waals surface area contributed by atoms with Crippen molar-refractivity contribution in [3.8, 4) is 0 Å². The van der Waals surface area contributed by atoms with E-state index in [0.29, 0.717) is 11.3 Å². The van der Waals surface area contributed by atoms with Gasteiger partial charge in [-0.15, -0.1) is 0 Å². The molecule has 22 heavy (non-hydrogen) atoms. The Hall–Kier alpha value is -1.84. The van der Waals surface area contributed by atoms with E-state index in [0.717, 1.165) is 19.3 Å². The lowest BCUT2D eigenvalue weighted by Gasteiger charge is -2.47. The van der Waals surface area contributed by atoms with E-state index in [-0.39, 0.29) is 17.3 Å². The number of anilines is 1. The van der Waals surface area contributed by atoms with Crippen LogP contribution in [-0.4, -0.2) is 17.5 Å². The third-order valence-electron chi connectivity index (χ3n) is 4.91. The molecule has 0 aliphatic heterocycles. The molecule has 2 rings (SSSR count). The molecule has 1 fully saturated rings. The van der Waals surface area contributed by atoms with Crippen molar-refractivity contribution in [2.24, 2.45) is 5.41 Å². The van der Waals surface area contributed by atoms with Gasteiger partial charge < -0.3 is 10.1 Å². The molecule has 1 amide bonds. The highest BCUT2D eigenvalue weighted by Crippen LogP contribution is 2.46. The summed E-state index contributed by atoms with van der Waals surface area (Å²) >= 11 is 0. The first-order chi connectivity index (χ1) is 10.3. The average Bonchev–Trinajstić information content (AvgIpc) is 2.42. The van der Waals surface area contributed by atoms with Crippen molar-refractivity contribution >= 4 is 17.6 Å². The molecule has 0 heterocycles. The molecule has 1 saturated carbocycles. The Labute approximate surface area is 132 Å². The second kappa shape index (κ2) is 6.11. The zero-order valence-electron chi connectivity index (χ0n) is 13.9. The Morgan fingerprint density at radius 3 is 2.36 bits per heavy atom. The second-order valence-electron chi connectivity index (χ2n) is 6.94. The van der Waals surface area contributed by atoms with Crippen LogP contribution in [0.2, 0.25) is 0 Å². The van der Waals surface area contributed by atoms with Gasteiger partial charge in [-0.1, -0.05) is 32.4 Å². The zero-order chi connectivity index (χ0) is 16.4. The quantitative estimate of drug-likeness (QED) is 0.853. The van der Waals surface area contributed by atoms with Crippen molar-refractivity contribution in [3.63, 3.8) is 0 Å². The van der Waals surface area contributed by atoms with Crippen molar-refractivity contribution in [2.75, 3.05) is 5.32 Å². The van der Waals surface area contributed by atoms with Gasteiger partial charge in [0.15, 0.2) is 0 Å². The van der Waals surface area contributed by atoms with Gasteiger partial charge in [-0.25, -0.2) is 4.79 Å². The minimum absolute atomic E-state index is 0.0517. The van der Waals surface area contributed by atoms with Crippen LogP contribution in [-0.2, 0) is 9.53 Å². The molecule has 1 unspecified atom stereocenters. The number of nitrogens with one attached hydrogen (secondary N) is 1. The minimum Gasteiger partial charge on any atom is -0.455 e. The molecule has 1 aliphatic rings. The van der Waals surface area contributed by atoms with Crippen molar-refractivity contribution in [1.82, 2.24) is 0 Å². The fourth-order valence-electron chi connectivity index (χ4n) is 3.04. The van der Waals surface area contributed by atoms with Crippen LogP contribution in [0.3, 0.4) is 0 Å². The highest BCUT2D eigenvalue weighted by atomic mass is 16.6. The summed E-state index contributed by atoms with van der Waals surface area (Å²) in [5.41, 5.74) is 0.368. The second-order valence-corrected chi connectivity index (χ2v) is 6.94. The molecule has 120 valence electrons. The van der Waals surface area contributed by atoms with E-state index in [9.17, 15) is 9.59 Å². The number of para-hydroxylation sites is 1. The van der Waals surface area contributed by atoms with Crippen LogP contribution >= 0.6 is 0 Å². The van der Waals surface area contributed by atoms with E-state index in [1.807, 2.05) is 6.92 Å². The largest absolute Gasteiger partial charge is 0.455 e. The van der Waals surface area contributed by atoms with Gasteiger partial charge in [0.25, 0.3) is 0 Å². The topological polar surface area (TPSA) is 55.4 Å². The maximum Gasteiger partial charge on any atom is 0.340 e.